The summed E-state index contributed by atoms with van der Waals surface area (Å²) in [5, 5.41) is 5.85. The minimum Gasteiger partial charge on any atom is -0.468 e. The lowest BCUT2D eigenvalue weighted by molar-refractivity contribution is -0.154. The largest absolute Gasteiger partial charge is 0.468 e. The Balaban J connectivity index is 0.00000300. The van der Waals surface area contributed by atoms with Gasteiger partial charge in [0.2, 0.25) is 17.7 Å². The van der Waals surface area contributed by atoms with Crippen molar-refractivity contribution in [2.24, 2.45) is 0 Å². The van der Waals surface area contributed by atoms with E-state index in [1.165, 1.54) is 12.3 Å². The van der Waals surface area contributed by atoms with Crippen LogP contribution in [-0.2, 0) is 11.3 Å². The van der Waals surface area contributed by atoms with E-state index in [-0.39, 0.29) is 31.3 Å². The number of carbonyl (C=O) groups is 1. The highest BCUT2D eigenvalue weighted by Gasteiger charge is 2.30. The summed E-state index contributed by atoms with van der Waals surface area (Å²) < 4.78 is 41.0. The van der Waals surface area contributed by atoms with Crippen molar-refractivity contribution in [3.8, 4) is 5.88 Å². The van der Waals surface area contributed by atoms with Gasteiger partial charge in [-0.2, -0.15) is 31.7 Å². The summed E-state index contributed by atoms with van der Waals surface area (Å²) in [5.41, 5.74) is 1.91. The van der Waals surface area contributed by atoms with Crippen LogP contribution in [0.25, 0.3) is 0 Å². The molecule has 0 fully saturated rings. The molecule has 29 heavy (non-hydrogen) atoms. The number of fused-ring (bicyclic) bond motifs is 1. The van der Waals surface area contributed by atoms with Gasteiger partial charge in [0.25, 0.3) is 0 Å². The minimum atomic E-state index is -4.41. The Bertz CT molecular complexity index is 879. The molecule has 2 N–H and O–H groups in total. The molecular weight excluding hydrogens is 409 g/mol. The van der Waals surface area contributed by atoms with Crippen molar-refractivity contribution < 1.29 is 22.7 Å². The average molecular weight is 430 g/mol. The van der Waals surface area contributed by atoms with Crippen LogP contribution in [0.4, 0.5) is 30.6 Å². The van der Waals surface area contributed by atoms with E-state index in [0.717, 1.165) is 0 Å². The number of alkyl halides is 3. The topological polar surface area (TPSA) is 92.3 Å². The molecule has 2 aromatic heterocycles. The van der Waals surface area contributed by atoms with E-state index in [4.69, 9.17) is 0 Å². The number of carbonyl (C=O) groups excluding carboxylic acids is 1. The maximum absolute atomic E-state index is 12.2. The molecule has 2 aromatic rings. The maximum atomic E-state index is 12.2. The fourth-order valence-electron chi connectivity index (χ4n) is 2.56. The monoisotopic (exact) mass is 430 g/mol. The van der Waals surface area contributed by atoms with Gasteiger partial charge in [-0.25, -0.2) is 9.97 Å². The van der Waals surface area contributed by atoms with Crippen molar-refractivity contribution in [2.75, 3.05) is 29.2 Å². The molecule has 8 nitrogen and oxygen atoms in total. The number of nitrogens with zero attached hydrogens (tertiary/aromatic N) is 4. The van der Waals surface area contributed by atoms with E-state index in [9.17, 15) is 18.0 Å². The van der Waals surface area contributed by atoms with Gasteiger partial charge in [0.1, 0.15) is 11.7 Å². The zero-order valence-corrected chi connectivity index (χ0v) is 17.0. The Morgan fingerprint density at radius 1 is 1.31 bits per heavy atom. The smallest absolute Gasteiger partial charge is 0.422 e. The first-order valence-corrected chi connectivity index (χ1v) is 8.45. The summed E-state index contributed by atoms with van der Waals surface area (Å²) in [6.07, 6.45) is -2.99. The quantitative estimate of drug-likeness (QED) is 0.753. The van der Waals surface area contributed by atoms with E-state index in [0.29, 0.717) is 35.3 Å². The number of nitrogens with one attached hydrogen (secondary N) is 2. The van der Waals surface area contributed by atoms with Gasteiger partial charge in [0.15, 0.2) is 12.4 Å². The van der Waals surface area contributed by atoms with E-state index in [1.807, 2.05) is 0 Å². The molecule has 0 aromatic carbocycles. The Hall–Kier alpha value is -2.76. The van der Waals surface area contributed by atoms with Crippen LogP contribution in [-0.4, -0.2) is 46.7 Å². The number of aromatic nitrogens is 3. The number of ether oxygens (including phenoxy) is 1. The highest BCUT2D eigenvalue weighted by molar-refractivity contribution is 7.59. The Morgan fingerprint density at radius 2 is 2.03 bits per heavy atom. The molecule has 1 aliphatic rings. The number of hydrogen-bond donors (Lipinski definition) is 2. The molecule has 0 saturated carbocycles. The summed E-state index contributed by atoms with van der Waals surface area (Å²) in [4.78, 5) is 26.3. The van der Waals surface area contributed by atoms with Crippen LogP contribution < -0.4 is 20.3 Å². The number of halogens is 3. The lowest BCUT2D eigenvalue weighted by Gasteiger charge is -2.32. The second-order valence-corrected chi connectivity index (χ2v) is 6.37. The van der Waals surface area contributed by atoms with Gasteiger partial charge < -0.3 is 20.3 Å². The molecule has 0 aliphatic carbocycles. The van der Waals surface area contributed by atoms with Gasteiger partial charge in [0, 0.05) is 25.9 Å². The predicted octanol–water partition coefficient (Wildman–Crippen LogP) is 2.62. The number of rotatable bonds is 5. The molecule has 3 rings (SSSR count). The molecule has 0 saturated heterocycles. The first-order chi connectivity index (χ1) is 13.1. The van der Waals surface area contributed by atoms with Gasteiger partial charge in [-0.1, -0.05) is 6.07 Å². The van der Waals surface area contributed by atoms with Crippen LogP contribution in [0, 0.1) is 6.92 Å². The third-order valence-corrected chi connectivity index (χ3v) is 4.25. The lowest BCUT2D eigenvalue weighted by Crippen LogP contribution is -2.44. The van der Waals surface area contributed by atoms with Crippen LogP contribution in [0.2, 0.25) is 0 Å². The fraction of sp³-hybridized carbons (Fsp3) is 0.412. The third-order valence-electron chi connectivity index (χ3n) is 4.25. The Labute approximate surface area is 172 Å². The minimum absolute atomic E-state index is 0. The van der Waals surface area contributed by atoms with Crippen molar-refractivity contribution >= 4 is 36.9 Å². The number of likely N-dealkylation sites (N-methyl/N-ethyl adjacent to an activating group) is 1. The summed E-state index contributed by atoms with van der Waals surface area (Å²) in [6.45, 7) is 2.47. The molecule has 0 spiro atoms. The average Bonchev–Trinajstić information content (AvgIpc) is 2.64. The second-order valence-electron chi connectivity index (χ2n) is 6.37. The fourth-order valence-corrected chi connectivity index (χ4v) is 2.56. The molecular formula is C17H21F3N6O2S. The molecule has 1 amide bonds. The summed E-state index contributed by atoms with van der Waals surface area (Å²) in [6, 6.07) is 2.61. The van der Waals surface area contributed by atoms with E-state index < -0.39 is 12.8 Å². The van der Waals surface area contributed by atoms with Gasteiger partial charge in [-0.15, -0.1) is 0 Å². The normalized spacial score (nSPS) is 15.9. The Morgan fingerprint density at radius 3 is 2.66 bits per heavy atom. The standard InChI is InChI=1S/C17H19F3N6O2.H2S/c1-9-13-14(26(3)10(2)15(27)24-13)25-16(23-9)22-7-11-4-5-12(21-6-11)28-8-17(18,19)20;/h4-6,10H,7-8H2,1-3H3,(H,24,27)(H,22,23,25);1H2/t10-;/m0./s1. The summed E-state index contributed by atoms with van der Waals surface area (Å²) >= 11 is 0. The first kappa shape index (κ1) is 22.5. The van der Waals surface area contributed by atoms with E-state index in [2.05, 4.69) is 30.3 Å². The first-order valence-electron chi connectivity index (χ1n) is 8.45. The van der Waals surface area contributed by atoms with Crippen molar-refractivity contribution in [1.82, 2.24) is 15.0 Å². The molecule has 1 atom stereocenters. The predicted molar refractivity (Wildman–Crippen MR) is 107 cm³/mol. The van der Waals surface area contributed by atoms with Crippen molar-refractivity contribution in [2.45, 2.75) is 32.6 Å². The van der Waals surface area contributed by atoms with Crippen molar-refractivity contribution in [3.05, 3.63) is 29.6 Å². The van der Waals surface area contributed by atoms with Crippen LogP contribution in [0.1, 0.15) is 18.2 Å². The molecule has 0 radical (unpaired) electrons. The summed E-state index contributed by atoms with van der Waals surface area (Å²) in [5.74, 6) is 0.745. The molecule has 12 heteroatoms. The molecule has 0 unspecified atom stereocenters. The zero-order valence-electron chi connectivity index (χ0n) is 16.0. The molecule has 0 bridgehead atoms. The molecule has 3 heterocycles. The number of hydrogen-bond acceptors (Lipinski definition) is 7. The summed E-state index contributed by atoms with van der Waals surface area (Å²) in [7, 11) is 1.78. The van der Waals surface area contributed by atoms with Crippen LogP contribution in [0.5, 0.6) is 5.88 Å². The van der Waals surface area contributed by atoms with Crippen LogP contribution >= 0.6 is 13.5 Å². The zero-order chi connectivity index (χ0) is 20.5. The van der Waals surface area contributed by atoms with Gasteiger partial charge in [-0.05, 0) is 19.4 Å². The lowest BCUT2D eigenvalue weighted by atomic mass is 10.2. The highest BCUT2D eigenvalue weighted by Crippen LogP contribution is 2.32. The molecule has 1 aliphatic heterocycles. The Kier molecular flexibility index (Phi) is 6.77. The third kappa shape index (κ3) is 5.40. The van der Waals surface area contributed by atoms with Gasteiger partial charge in [-0.3, -0.25) is 4.79 Å². The van der Waals surface area contributed by atoms with Crippen molar-refractivity contribution in [3.63, 3.8) is 0 Å². The number of anilines is 3. The van der Waals surface area contributed by atoms with Crippen LogP contribution in [0.3, 0.4) is 0 Å². The highest BCUT2D eigenvalue weighted by atomic mass is 32.1. The molecule has 158 valence electrons. The van der Waals surface area contributed by atoms with Gasteiger partial charge in [0.05, 0.1) is 5.69 Å². The van der Waals surface area contributed by atoms with E-state index in [1.54, 1.807) is 31.9 Å². The number of aryl methyl sites for hydroxylation is 1. The van der Waals surface area contributed by atoms with E-state index >= 15 is 0 Å². The van der Waals surface area contributed by atoms with Gasteiger partial charge >= 0.3 is 6.18 Å². The SMILES string of the molecule is Cc1nc(NCc2ccc(OCC(F)(F)F)nc2)nc2c1NC(=O)[C@H](C)N2C.S. The second kappa shape index (κ2) is 8.72. The number of amides is 1. The maximum Gasteiger partial charge on any atom is 0.422 e. The van der Waals surface area contributed by atoms with Crippen LogP contribution in [0.15, 0.2) is 18.3 Å². The van der Waals surface area contributed by atoms with Crippen molar-refractivity contribution in [1.29, 1.82) is 0 Å². The number of pyridine rings is 1.